The summed E-state index contributed by atoms with van der Waals surface area (Å²) in [6.45, 7) is 5.63. The molecule has 0 spiro atoms. The number of nitrogens with one attached hydrogen (secondary N) is 1. The molecule has 7 heteroatoms. The molecule has 34 heavy (non-hydrogen) atoms. The molecule has 3 aromatic carbocycles. The van der Waals surface area contributed by atoms with Crippen LogP contribution in [0.3, 0.4) is 0 Å². The Labute approximate surface area is 208 Å². The van der Waals surface area contributed by atoms with Crippen molar-refractivity contribution in [2.24, 2.45) is 9.98 Å². The van der Waals surface area contributed by atoms with E-state index in [4.69, 9.17) is 21.6 Å². The number of amides is 1. The van der Waals surface area contributed by atoms with Crippen LogP contribution in [-0.2, 0) is 4.79 Å². The Morgan fingerprint density at radius 1 is 0.941 bits per heavy atom. The maximum atomic E-state index is 12.6. The van der Waals surface area contributed by atoms with Crippen molar-refractivity contribution in [3.8, 4) is 0 Å². The minimum Gasteiger partial charge on any atom is -0.325 e. The monoisotopic (exact) mass is 489 g/mol. The van der Waals surface area contributed by atoms with Crippen LogP contribution in [-0.4, -0.2) is 28.2 Å². The van der Waals surface area contributed by atoms with Crippen molar-refractivity contribution >= 4 is 62.9 Å². The number of fused-ring (bicyclic) bond motifs is 1. The van der Waals surface area contributed by atoms with Crippen molar-refractivity contribution < 1.29 is 9.59 Å². The number of aryl methyl sites for hydroxylation is 2. The van der Waals surface area contributed by atoms with Gasteiger partial charge in [0.2, 0.25) is 5.91 Å². The molecule has 1 heterocycles. The van der Waals surface area contributed by atoms with Crippen molar-refractivity contribution in [1.82, 2.24) is 0 Å². The van der Waals surface area contributed by atoms with Crippen LogP contribution in [0.1, 0.15) is 40.4 Å². The molecule has 5 nitrogen and oxygen atoms in total. The van der Waals surface area contributed by atoms with Crippen molar-refractivity contribution in [3.05, 3.63) is 87.9 Å². The first-order valence-electron chi connectivity index (χ1n) is 10.8. The third-order valence-electron chi connectivity index (χ3n) is 5.53. The molecule has 0 bridgehead atoms. The molecule has 4 rings (SSSR count). The number of thioether (sulfide) groups is 1. The van der Waals surface area contributed by atoms with Gasteiger partial charge in [0.1, 0.15) is 0 Å². The molecule has 0 saturated heterocycles. The van der Waals surface area contributed by atoms with Gasteiger partial charge in [0.25, 0.3) is 0 Å². The smallest absolute Gasteiger partial charge is 0.234 e. The number of hydrogen-bond acceptors (Lipinski definition) is 5. The molecule has 1 amide bonds. The van der Waals surface area contributed by atoms with Gasteiger partial charge < -0.3 is 5.32 Å². The van der Waals surface area contributed by atoms with E-state index in [1.165, 1.54) is 18.7 Å². The SMILES string of the molecule is CC(=O)c1ccc(NC(=O)CSC2=Nc3cc(C)c(C)cc3N=C(c3ccc(Cl)cc3)C2)cc1. The summed E-state index contributed by atoms with van der Waals surface area (Å²) in [6, 6.07) is 18.6. The van der Waals surface area contributed by atoms with Crippen molar-refractivity contribution in [2.75, 3.05) is 11.1 Å². The molecule has 0 fully saturated rings. The summed E-state index contributed by atoms with van der Waals surface area (Å²) in [7, 11) is 0. The zero-order chi connectivity index (χ0) is 24.2. The lowest BCUT2D eigenvalue weighted by Gasteiger charge is -2.09. The molecule has 0 aliphatic carbocycles. The van der Waals surface area contributed by atoms with Gasteiger partial charge in [-0.15, -0.1) is 11.8 Å². The molecule has 1 N–H and O–H groups in total. The van der Waals surface area contributed by atoms with Gasteiger partial charge >= 0.3 is 0 Å². The molecule has 0 saturated carbocycles. The molecular weight excluding hydrogens is 466 g/mol. The number of carbonyl (C=O) groups excluding carboxylic acids is 2. The highest BCUT2D eigenvalue weighted by Gasteiger charge is 2.18. The van der Waals surface area contributed by atoms with E-state index in [0.29, 0.717) is 22.7 Å². The highest BCUT2D eigenvalue weighted by Crippen LogP contribution is 2.36. The van der Waals surface area contributed by atoms with Gasteiger partial charge in [-0.2, -0.15) is 0 Å². The summed E-state index contributed by atoms with van der Waals surface area (Å²) in [5, 5.41) is 4.36. The fourth-order valence-electron chi connectivity index (χ4n) is 3.49. The lowest BCUT2D eigenvalue weighted by Crippen LogP contribution is -2.16. The quantitative estimate of drug-likeness (QED) is 0.389. The van der Waals surface area contributed by atoms with Crippen LogP contribution in [0.2, 0.25) is 5.02 Å². The Balaban J connectivity index is 1.54. The molecule has 172 valence electrons. The first-order chi connectivity index (χ1) is 16.3. The average Bonchev–Trinajstić information content (AvgIpc) is 2.98. The number of benzene rings is 3. The summed E-state index contributed by atoms with van der Waals surface area (Å²) >= 11 is 7.48. The van der Waals surface area contributed by atoms with Crippen LogP contribution >= 0.6 is 23.4 Å². The van der Waals surface area contributed by atoms with E-state index >= 15 is 0 Å². The van der Waals surface area contributed by atoms with Crippen LogP contribution in [0.25, 0.3) is 0 Å². The van der Waals surface area contributed by atoms with Crippen LogP contribution < -0.4 is 5.32 Å². The number of carbonyl (C=O) groups is 2. The van der Waals surface area contributed by atoms with Crippen LogP contribution in [0.5, 0.6) is 0 Å². The summed E-state index contributed by atoms with van der Waals surface area (Å²) in [6.07, 6.45) is 0.514. The molecule has 3 aromatic rings. The van der Waals surface area contributed by atoms with Gasteiger partial charge in [-0.1, -0.05) is 23.7 Å². The zero-order valence-electron chi connectivity index (χ0n) is 19.2. The summed E-state index contributed by atoms with van der Waals surface area (Å²) < 4.78 is 0. The average molecular weight is 490 g/mol. The number of aliphatic imine (C=N–C) groups is 2. The second kappa shape index (κ2) is 10.4. The van der Waals surface area contributed by atoms with Gasteiger partial charge in [-0.05, 0) is 86.0 Å². The minimum absolute atomic E-state index is 0.0105. The summed E-state index contributed by atoms with van der Waals surface area (Å²) in [5.74, 6) is 0.0583. The second-order valence-corrected chi connectivity index (χ2v) is 9.63. The predicted molar refractivity (Wildman–Crippen MR) is 143 cm³/mol. The topological polar surface area (TPSA) is 70.9 Å². The van der Waals surface area contributed by atoms with E-state index in [0.717, 1.165) is 38.8 Å². The molecule has 1 aliphatic rings. The fraction of sp³-hybridized carbons (Fsp3) is 0.185. The zero-order valence-corrected chi connectivity index (χ0v) is 20.8. The van der Waals surface area contributed by atoms with E-state index in [-0.39, 0.29) is 17.4 Å². The Morgan fingerprint density at radius 2 is 1.56 bits per heavy atom. The maximum Gasteiger partial charge on any atom is 0.234 e. The van der Waals surface area contributed by atoms with Crippen molar-refractivity contribution in [3.63, 3.8) is 0 Å². The molecule has 0 unspecified atom stereocenters. The molecule has 0 atom stereocenters. The van der Waals surface area contributed by atoms with Crippen LogP contribution in [0, 0.1) is 13.8 Å². The lowest BCUT2D eigenvalue weighted by molar-refractivity contribution is -0.113. The minimum atomic E-state index is -0.141. The Hall–Kier alpha value is -3.22. The standard InChI is InChI=1S/C27H24ClN3O2S/c1-16-12-24-25(13-17(16)2)31-27(14-23(30-24)20-4-8-21(28)9-5-20)34-15-26(33)29-22-10-6-19(7-11-22)18(3)32/h4-13H,14-15H2,1-3H3,(H,29,33). The fourth-order valence-corrected chi connectivity index (χ4v) is 4.39. The van der Waals surface area contributed by atoms with E-state index in [1.807, 2.05) is 30.3 Å². The molecule has 0 radical (unpaired) electrons. The van der Waals surface area contributed by atoms with Gasteiger partial charge in [0.05, 0.1) is 27.9 Å². The first kappa shape index (κ1) is 23.9. The summed E-state index contributed by atoms with van der Waals surface area (Å²) in [5.41, 5.74) is 7.03. The van der Waals surface area contributed by atoms with Gasteiger partial charge in [-0.25, -0.2) is 4.99 Å². The van der Waals surface area contributed by atoms with Crippen molar-refractivity contribution in [1.29, 1.82) is 0 Å². The van der Waals surface area contributed by atoms with Gasteiger partial charge in [0, 0.05) is 22.7 Å². The first-order valence-corrected chi connectivity index (χ1v) is 12.2. The highest BCUT2D eigenvalue weighted by molar-refractivity contribution is 8.14. The Kier molecular flexibility index (Phi) is 7.29. The second-order valence-electron chi connectivity index (χ2n) is 8.14. The Bertz CT molecular complexity index is 1310. The number of nitrogens with zero attached hydrogens (tertiary/aromatic N) is 2. The van der Waals surface area contributed by atoms with E-state index in [9.17, 15) is 9.59 Å². The van der Waals surface area contributed by atoms with E-state index < -0.39 is 0 Å². The summed E-state index contributed by atoms with van der Waals surface area (Å²) in [4.78, 5) is 33.8. The predicted octanol–water partition coefficient (Wildman–Crippen LogP) is 7.09. The number of ketones is 1. The highest BCUT2D eigenvalue weighted by atomic mass is 35.5. The molecule has 1 aliphatic heterocycles. The number of rotatable bonds is 5. The Morgan fingerprint density at radius 3 is 2.18 bits per heavy atom. The maximum absolute atomic E-state index is 12.6. The molecule has 0 aromatic heterocycles. The van der Waals surface area contributed by atoms with Gasteiger partial charge in [0.15, 0.2) is 5.78 Å². The molecular formula is C27H24ClN3O2S. The van der Waals surface area contributed by atoms with Crippen LogP contribution in [0.15, 0.2) is 70.6 Å². The third-order valence-corrected chi connectivity index (χ3v) is 6.76. The van der Waals surface area contributed by atoms with Crippen molar-refractivity contribution in [2.45, 2.75) is 27.2 Å². The number of halogens is 1. The third kappa shape index (κ3) is 5.82. The van der Waals surface area contributed by atoms with E-state index in [1.54, 1.807) is 24.3 Å². The number of Topliss-reactive ketones (excluding diaryl/α,β-unsaturated/α-hetero) is 1. The normalized spacial score (nSPS) is 12.8. The van der Waals surface area contributed by atoms with Crippen LogP contribution in [0.4, 0.5) is 17.1 Å². The van der Waals surface area contributed by atoms with Gasteiger partial charge in [-0.3, -0.25) is 14.6 Å². The van der Waals surface area contributed by atoms with E-state index in [2.05, 4.69) is 25.2 Å². The lowest BCUT2D eigenvalue weighted by atomic mass is 10.1. The largest absolute Gasteiger partial charge is 0.325 e. The number of hydrogen-bond donors (Lipinski definition) is 1. The number of anilines is 1.